The molecule has 0 radical (unpaired) electrons. The quantitative estimate of drug-likeness (QED) is 0.614. The van der Waals surface area contributed by atoms with Crippen LogP contribution in [0.15, 0.2) is 23.1 Å². The van der Waals surface area contributed by atoms with Gasteiger partial charge in [-0.1, -0.05) is 0 Å². The second kappa shape index (κ2) is 9.38. The van der Waals surface area contributed by atoms with Gasteiger partial charge in [0, 0.05) is 26.2 Å². The standard InChI is InChI=1S/C19H25FN2O7S/c1-13-10-21(11-14(2)29-13)18(23)12-28-19(24)16-9-15(3-4-17(16)20)30(25,26)22-5-7-27-8-6-22/h3-4,9,13-14H,5-8,10-12H2,1-2H3. The maximum absolute atomic E-state index is 14.2. The molecule has 2 fully saturated rings. The molecule has 0 saturated carbocycles. The van der Waals surface area contributed by atoms with Gasteiger partial charge in [0.15, 0.2) is 6.61 Å². The van der Waals surface area contributed by atoms with Crippen LogP contribution in [0.3, 0.4) is 0 Å². The Labute approximate surface area is 174 Å². The van der Waals surface area contributed by atoms with Crippen molar-refractivity contribution in [3.8, 4) is 0 Å². The van der Waals surface area contributed by atoms with Gasteiger partial charge in [-0.05, 0) is 32.0 Å². The number of sulfonamides is 1. The predicted molar refractivity (Wildman–Crippen MR) is 103 cm³/mol. The van der Waals surface area contributed by atoms with E-state index in [1.165, 1.54) is 9.21 Å². The van der Waals surface area contributed by atoms with Gasteiger partial charge < -0.3 is 19.1 Å². The van der Waals surface area contributed by atoms with Crippen LogP contribution >= 0.6 is 0 Å². The fourth-order valence-corrected chi connectivity index (χ4v) is 4.87. The van der Waals surface area contributed by atoms with Crippen molar-refractivity contribution >= 4 is 21.9 Å². The van der Waals surface area contributed by atoms with Crippen LogP contribution in [0.25, 0.3) is 0 Å². The number of hydrogen-bond acceptors (Lipinski definition) is 7. The minimum atomic E-state index is -3.91. The van der Waals surface area contributed by atoms with Crippen molar-refractivity contribution in [3.05, 3.63) is 29.6 Å². The molecule has 0 bridgehead atoms. The molecule has 0 aromatic heterocycles. The van der Waals surface area contributed by atoms with Gasteiger partial charge in [-0.15, -0.1) is 0 Å². The molecule has 11 heteroatoms. The van der Waals surface area contributed by atoms with E-state index in [2.05, 4.69) is 0 Å². The van der Waals surface area contributed by atoms with E-state index in [0.717, 1.165) is 18.2 Å². The zero-order valence-corrected chi connectivity index (χ0v) is 17.7. The Morgan fingerprint density at radius 2 is 1.80 bits per heavy atom. The van der Waals surface area contributed by atoms with Gasteiger partial charge in [-0.2, -0.15) is 4.31 Å². The third-order valence-corrected chi connectivity index (χ3v) is 6.76. The Morgan fingerprint density at radius 3 is 2.43 bits per heavy atom. The van der Waals surface area contributed by atoms with Gasteiger partial charge in [-0.3, -0.25) is 4.79 Å². The lowest BCUT2D eigenvalue weighted by Gasteiger charge is -2.35. The summed E-state index contributed by atoms with van der Waals surface area (Å²) >= 11 is 0. The lowest BCUT2D eigenvalue weighted by molar-refractivity contribution is -0.146. The van der Waals surface area contributed by atoms with Gasteiger partial charge in [0.25, 0.3) is 5.91 Å². The Hall–Kier alpha value is -2.08. The van der Waals surface area contributed by atoms with Crippen LogP contribution in [-0.4, -0.2) is 87.7 Å². The van der Waals surface area contributed by atoms with Crippen molar-refractivity contribution in [2.45, 2.75) is 31.0 Å². The van der Waals surface area contributed by atoms with Crippen LogP contribution in [0.5, 0.6) is 0 Å². The van der Waals surface area contributed by atoms with Gasteiger partial charge in [0.2, 0.25) is 10.0 Å². The summed E-state index contributed by atoms with van der Waals surface area (Å²) in [5.74, 6) is -2.46. The number of benzene rings is 1. The van der Waals surface area contributed by atoms with Crippen molar-refractivity contribution in [3.63, 3.8) is 0 Å². The van der Waals surface area contributed by atoms with Crippen LogP contribution in [0, 0.1) is 5.82 Å². The second-order valence-electron chi connectivity index (χ2n) is 7.29. The average molecular weight is 444 g/mol. The SMILES string of the molecule is CC1CN(C(=O)COC(=O)c2cc(S(=O)(=O)N3CCOCC3)ccc2F)CC(C)O1. The molecule has 2 atom stereocenters. The molecule has 166 valence electrons. The Balaban J connectivity index is 1.68. The molecule has 2 unspecified atom stereocenters. The van der Waals surface area contributed by atoms with Crippen LogP contribution < -0.4 is 0 Å². The minimum absolute atomic E-state index is 0.145. The fraction of sp³-hybridized carbons (Fsp3) is 0.579. The lowest BCUT2D eigenvalue weighted by Crippen LogP contribution is -2.49. The van der Waals surface area contributed by atoms with Crippen molar-refractivity contribution < 1.29 is 36.6 Å². The summed E-state index contributed by atoms with van der Waals surface area (Å²) in [6, 6.07) is 2.93. The highest BCUT2D eigenvalue weighted by molar-refractivity contribution is 7.89. The highest BCUT2D eigenvalue weighted by Gasteiger charge is 2.29. The summed E-state index contributed by atoms with van der Waals surface area (Å²) in [5, 5.41) is 0. The van der Waals surface area contributed by atoms with Crippen molar-refractivity contribution in [2.24, 2.45) is 0 Å². The van der Waals surface area contributed by atoms with E-state index in [0.29, 0.717) is 13.1 Å². The van der Waals surface area contributed by atoms with E-state index < -0.39 is 39.9 Å². The molecule has 2 heterocycles. The summed E-state index contributed by atoms with van der Waals surface area (Å²) in [7, 11) is -3.91. The average Bonchev–Trinajstić information content (AvgIpc) is 2.71. The number of amides is 1. The summed E-state index contributed by atoms with van der Waals surface area (Å²) in [4.78, 5) is 26.0. The minimum Gasteiger partial charge on any atom is -0.452 e. The topological polar surface area (TPSA) is 102 Å². The fourth-order valence-electron chi connectivity index (χ4n) is 3.44. The largest absolute Gasteiger partial charge is 0.452 e. The van der Waals surface area contributed by atoms with E-state index in [1.807, 2.05) is 13.8 Å². The van der Waals surface area contributed by atoms with Crippen molar-refractivity contribution in [1.29, 1.82) is 0 Å². The highest BCUT2D eigenvalue weighted by atomic mass is 32.2. The first-order chi connectivity index (χ1) is 14.2. The first kappa shape index (κ1) is 22.6. The predicted octanol–water partition coefficient (Wildman–Crippen LogP) is 0.639. The van der Waals surface area contributed by atoms with E-state index in [1.54, 1.807) is 0 Å². The highest BCUT2D eigenvalue weighted by Crippen LogP contribution is 2.21. The molecule has 0 N–H and O–H groups in total. The molecule has 3 rings (SSSR count). The normalized spacial score (nSPS) is 23.2. The number of carbonyl (C=O) groups excluding carboxylic acids is 2. The van der Waals surface area contributed by atoms with Crippen molar-refractivity contribution in [1.82, 2.24) is 9.21 Å². The van der Waals surface area contributed by atoms with Gasteiger partial charge in [0.05, 0.1) is 35.9 Å². The number of hydrogen-bond donors (Lipinski definition) is 0. The summed E-state index contributed by atoms with van der Waals surface area (Å²) in [5.41, 5.74) is -0.541. The molecule has 1 amide bonds. The van der Waals surface area contributed by atoms with Crippen LogP contribution in [0.1, 0.15) is 24.2 Å². The van der Waals surface area contributed by atoms with Crippen LogP contribution in [-0.2, 0) is 29.0 Å². The number of carbonyl (C=O) groups is 2. The first-order valence-electron chi connectivity index (χ1n) is 9.66. The molecule has 2 saturated heterocycles. The van der Waals surface area contributed by atoms with Crippen LogP contribution in [0.4, 0.5) is 4.39 Å². The third-order valence-electron chi connectivity index (χ3n) is 4.86. The first-order valence-corrected chi connectivity index (χ1v) is 11.1. The van der Waals surface area contributed by atoms with Gasteiger partial charge in [-0.25, -0.2) is 17.6 Å². The number of halogens is 1. The molecule has 2 aliphatic heterocycles. The summed E-state index contributed by atoms with van der Waals surface area (Å²) in [6.07, 6.45) is -0.291. The summed E-state index contributed by atoms with van der Waals surface area (Å²) in [6.45, 7) is 4.68. The molecule has 1 aromatic carbocycles. The number of morpholine rings is 2. The number of esters is 1. The molecule has 30 heavy (non-hydrogen) atoms. The molecule has 1 aromatic rings. The maximum Gasteiger partial charge on any atom is 0.341 e. The number of nitrogens with zero attached hydrogens (tertiary/aromatic N) is 2. The molecule has 0 aliphatic carbocycles. The maximum atomic E-state index is 14.2. The molecular weight excluding hydrogens is 419 g/mol. The third kappa shape index (κ3) is 5.15. The molecular formula is C19H25FN2O7S. The zero-order valence-electron chi connectivity index (χ0n) is 16.9. The van der Waals surface area contributed by atoms with Crippen molar-refractivity contribution in [2.75, 3.05) is 46.0 Å². The van der Waals surface area contributed by atoms with E-state index in [4.69, 9.17) is 14.2 Å². The number of rotatable bonds is 5. The molecule has 9 nitrogen and oxygen atoms in total. The Morgan fingerprint density at radius 1 is 1.17 bits per heavy atom. The lowest BCUT2D eigenvalue weighted by atomic mass is 10.2. The summed E-state index contributed by atoms with van der Waals surface area (Å²) < 4.78 is 56.5. The van der Waals surface area contributed by atoms with Gasteiger partial charge in [0.1, 0.15) is 5.82 Å². The Bertz CT molecular complexity index is 892. The van der Waals surface area contributed by atoms with Gasteiger partial charge >= 0.3 is 5.97 Å². The van der Waals surface area contributed by atoms with Crippen LogP contribution in [0.2, 0.25) is 0 Å². The number of ether oxygens (including phenoxy) is 3. The monoisotopic (exact) mass is 444 g/mol. The van der Waals surface area contributed by atoms with E-state index in [-0.39, 0.29) is 43.4 Å². The smallest absolute Gasteiger partial charge is 0.341 e. The second-order valence-corrected chi connectivity index (χ2v) is 9.23. The Kier molecular flexibility index (Phi) is 7.06. The zero-order chi connectivity index (χ0) is 21.9. The van der Waals surface area contributed by atoms with E-state index in [9.17, 15) is 22.4 Å². The molecule has 2 aliphatic rings. The molecule has 0 spiro atoms. The van der Waals surface area contributed by atoms with E-state index >= 15 is 0 Å².